The maximum absolute atomic E-state index is 13.2. The fourth-order valence-electron chi connectivity index (χ4n) is 18.4. The van der Waals surface area contributed by atoms with Crippen LogP contribution in [0.15, 0.2) is 0 Å². The summed E-state index contributed by atoms with van der Waals surface area (Å²) in [7, 11) is 0. The van der Waals surface area contributed by atoms with Crippen LogP contribution in [0, 0.1) is 0 Å². The Balaban J connectivity index is 0.763. The third-order valence-corrected chi connectivity index (χ3v) is 25.4. The standard InChI is InChI=1S/C78H130N6O56/c1-18(96)79-35-47(108)59(31(14-92)126-69(35)136-63-40(84-23(6)101)68(119)120-25(8-86)42(63)103)132-75-54(115)65(44(105)26(9-87)122-75)138-71-37(81-20(3)98)49(110)61(33(16-94)128-71)134-77-56(117)67(46(107)28(11-89)124-77)140-73-39(83-22(5)100)51(112)62(34(17-95)130-73)135-78-57(118)66(45(106)29(12-90)125-78)139-72-38(82-21(4)99)50(111)60(32(15-93)129-72)133-76-55(116)64(43(104)27(10-88)123-76)137-70-36(80-19(2)97)48(109)58(30(13-91)127-70)131-74-53(114)52(113)41(102)24(7-85)121-74/h24-78,85-95,102-119H,7-17H2,1-6H3,(H,79,96)(H,80,97)(H,81,98)(H,82,99)(H,83,100)(H,84,101)/t24-,25-,26-,27-,28-,29-,30-,31-,32-,33-,34-,35-,36-,37-,38-,39-,40-,41+,42+,43+,44+,45+,46+,47-,48-,49-,50-,51-,52+,53-,54-,55-,56-,57-,58-,59-,60-,61-,62-,63-,64+,65+,66+,67+,68+,69+,70+,71+,72+,73+,74+,75+,76+,77+,78+/m1/s1. The van der Waals surface area contributed by atoms with E-state index in [0.717, 1.165) is 41.5 Å². The van der Waals surface area contributed by atoms with E-state index >= 15 is 0 Å². The van der Waals surface area contributed by atoms with Gasteiger partial charge >= 0.3 is 0 Å². The van der Waals surface area contributed by atoms with Crippen LogP contribution in [0.5, 0.6) is 0 Å². The van der Waals surface area contributed by atoms with E-state index in [9.17, 15) is 177 Å². The summed E-state index contributed by atoms with van der Waals surface area (Å²) >= 11 is 0. The fourth-order valence-corrected chi connectivity index (χ4v) is 18.4. The van der Waals surface area contributed by atoms with E-state index in [1.165, 1.54) is 0 Å². The maximum atomic E-state index is 13.2. The molecule has 11 saturated heterocycles. The van der Waals surface area contributed by atoms with Gasteiger partial charge in [-0.3, -0.25) is 28.8 Å². The van der Waals surface area contributed by atoms with Crippen molar-refractivity contribution in [2.45, 2.75) is 379 Å². The molecule has 0 saturated carbocycles. The molecule has 11 heterocycles. The van der Waals surface area contributed by atoms with E-state index in [4.69, 9.17) is 99.5 Å². The average Bonchev–Trinajstić information content (AvgIpc) is 0.766. The molecule has 0 aromatic rings. The average molecular weight is 2050 g/mol. The molecule has 0 aromatic carbocycles. The summed E-state index contributed by atoms with van der Waals surface area (Å²) in [5.74, 6) is -5.51. The molecule has 62 nitrogen and oxygen atoms in total. The van der Waals surface area contributed by atoms with Gasteiger partial charge in [-0.25, -0.2) is 0 Å². The zero-order valence-corrected chi connectivity index (χ0v) is 75.5. The fraction of sp³-hybridized carbons (Fsp3) is 0.923. The van der Waals surface area contributed by atoms with Crippen molar-refractivity contribution in [2.75, 3.05) is 72.7 Å². The van der Waals surface area contributed by atoms with Crippen LogP contribution in [0.25, 0.3) is 0 Å². The number of aliphatic hydroxyl groups excluding tert-OH is 29. The zero-order valence-electron chi connectivity index (χ0n) is 75.5. The molecule has 11 rings (SSSR count). The Bertz CT molecular complexity index is 3880. The number of amides is 6. The lowest BCUT2D eigenvalue weighted by atomic mass is 9.93. The third-order valence-electron chi connectivity index (χ3n) is 25.4. The molecule has 6 amide bonds. The Kier molecular flexibility index (Phi) is 41.7. The molecule has 55 atom stereocenters. The molecule has 0 spiro atoms. The quantitative estimate of drug-likeness (QED) is 0.0275. The van der Waals surface area contributed by atoms with Crippen LogP contribution < -0.4 is 31.9 Å². The highest BCUT2D eigenvalue weighted by atomic mass is 16.8. The Labute approximate surface area is 792 Å². The largest absolute Gasteiger partial charge is 0.394 e. The molecular weight excluding hydrogens is 1920 g/mol. The second-order valence-electron chi connectivity index (χ2n) is 35.2. The van der Waals surface area contributed by atoms with Gasteiger partial charge in [0.1, 0.15) is 268 Å². The van der Waals surface area contributed by atoms with Gasteiger partial charge in [-0.15, -0.1) is 0 Å². The van der Waals surface area contributed by atoms with Gasteiger partial charge in [0.2, 0.25) is 35.4 Å². The minimum Gasteiger partial charge on any atom is -0.394 e. The lowest BCUT2D eigenvalue weighted by molar-refractivity contribution is -0.391. The number of rotatable bonds is 37. The predicted molar refractivity (Wildman–Crippen MR) is 432 cm³/mol. The van der Waals surface area contributed by atoms with E-state index in [1.807, 2.05) is 0 Å². The van der Waals surface area contributed by atoms with Crippen LogP contribution in [-0.2, 0) is 128 Å². The van der Waals surface area contributed by atoms with Crippen LogP contribution in [0.2, 0.25) is 0 Å². The van der Waals surface area contributed by atoms with Crippen molar-refractivity contribution in [1.29, 1.82) is 0 Å². The zero-order chi connectivity index (χ0) is 103. The van der Waals surface area contributed by atoms with E-state index < -0.39 is 446 Å². The molecule has 0 bridgehead atoms. The second kappa shape index (κ2) is 50.7. The summed E-state index contributed by atoms with van der Waals surface area (Å²) < 4.78 is 124. The minimum atomic E-state index is -2.43. The topological polar surface area (TPSA) is 955 Å². The molecule has 11 aliphatic rings. The first-order valence-electron chi connectivity index (χ1n) is 44.6. The summed E-state index contributed by atoms with van der Waals surface area (Å²) in [6, 6.07) is -11.2. The summed E-state index contributed by atoms with van der Waals surface area (Å²) in [5, 5.41) is 340. The van der Waals surface area contributed by atoms with Crippen molar-refractivity contribution in [2.24, 2.45) is 0 Å². The Hall–Kier alpha value is -5.18. The normalized spacial score (nSPS) is 48.1. The van der Waals surface area contributed by atoms with Crippen molar-refractivity contribution in [1.82, 2.24) is 31.9 Å². The molecule has 0 unspecified atom stereocenters. The van der Waals surface area contributed by atoms with Crippen LogP contribution in [-0.4, -0.2) is 594 Å². The van der Waals surface area contributed by atoms with E-state index in [0.29, 0.717) is 0 Å². The summed E-state index contributed by atoms with van der Waals surface area (Å²) in [4.78, 5) is 77.0. The van der Waals surface area contributed by atoms with Crippen molar-refractivity contribution in [3.63, 3.8) is 0 Å². The van der Waals surface area contributed by atoms with Crippen molar-refractivity contribution in [3.8, 4) is 0 Å². The van der Waals surface area contributed by atoms with Gasteiger partial charge in [0.25, 0.3) is 0 Å². The minimum absolute atomic E-state index is 0.777. The van der Waals surface area contributed by atoms with Gasteiger partial charge in [0.05, 0.1) is 72.7 Å². The van der Waals surface area contributed by atoms with Gasteiger partial charge in [0.15, 0.2) is 69.2 Å². The number of hydrogen-bond acceptors (Lipinski definition) is 56. The third kappa shape index (κ3) is 25.5. The number of hydrogen-bond donors (Lipinski definition) is 35. The van der Waals surface area contributed by atoms with E-state index in [2.05, 4.69) is 31.9 Å². The molecule has 11 aliphatic heterocycles. The van der Waals surface area contributed by atoms with Gasteiger partial charge < -0.3 is 279 Å². The first kappa shape index (κ1) is 115. The highest BCUT2D eigenvalue weighted by Crippen LogP contribution is 2.42. The van der Waals surface area contributed by atoms with Crippen LogP contribution in [0.1, 0.15) is 41.5 Å². The summed E-state index contributed by atoms with van der Waals surface area (Å²) in [6.45, 7) is -6.54. The molecule has 0 aromatic heterocycles. The maximum Gasteiger partial charge on any atom is 0.217 e. The molecule has 0 aliphatic carbocycles. The van der Waals surface area contributed by atoms with Gasteiger partial charge in [0, 0.05) is 41.5 Å². The molecule has 140 heavy (non-hydrogen) atoms. The monoisotopic (exact) mass is 2050 g/mol. The second-order valence-corrected chi connectivity index (χ2v) is 35.2. The lowest BCUT2D eigenvalue weighted by Gasteiger charge is -2.51. The smallest absolute Gasteiger partial charge is 0.217 e. The Morgan fingerprint density at radius 1 is 0.171 bits per heavy atom. The molecular formula is C78H130N6O56. The van der Waals surface area contributed by atoms with Gasteiger partial charge in [-0.05, 0) is 0 Å². The first-order valence-corrected chi connectivity index (χ1v) is 44.6. The lowest BCUT2D eigenvalue weighted by Crippen LogP contribution is -2.71. The van der Waals surface area contributed by atoms with Crippen molar-refractivity contribution >= 4 is 35.4 Å². The highest BCUT2D eigenvalue weighted by molar-refractivity contribution is 5.75. The summed E-state index contributed by atoms with van der Waals surface area (Å²) in [5.41, 5.74) is 0. The summed E-state index contributed by atoms with van der Waals surface area (Å²) in [6.07, 6.45) is -101. The number of ether oxygens (including phenoxy) is 21. The first-order chi connectivity index (χ1) is 66.3. The van der Waals surface area contributed by atoms with Crippen LogP contribution in [0.3, 0.4) is 0 Å². The number of nitrogens with one attached hydrogen (secondary N) is 6. The Morgan fingerprint density at radius 2 is 0.329 bits per heavy atom. The number of carbonyl (C=O) groups excluding carboxylic acids is 6. The molecule has 808 valence electrons. The Morgan fingerprint density at radius 3 is 0.529 bits per heavy atom. The molecule has 62 heteroatoms. The predicted octanol–water partition coefficient (Wildman–Crippen LogP) is -24.1. The number of carbonyl (C=O) groups is 6. The molecule has 35 N–H and O–H groups in total. The van der Waals surface area contributed by atoms with Crippen molar-refractivity contribution in [3.05, 3.63) is 0 Å². The van der Waals surface area contributed by atoms with Crippen LogP contribution >= 0.6 is 0 Å². The van der Waals surface area contributed by atoms with Crippen LogP contribution in [0.4, 0.5) is 0 Å². The molecule has 11 fully saturated rings. The van der Waals surface area contributed by atoms with Gasteiger partial charge in [-0.1, -0.05) is 0 Å². The van der Waals surface area contributed by atoms with E-state index in [-0.39, 0.29) is 0 Å². The SMILES string of the molecule is CC(=O)N[C@@H]1[C@@H](O[C@@H]2O[C@H](CO)[C@@H](O[C@@H]3O[C@H](CO)[C@H](O)[C@H](O[C@@H]4O[C@H](CO)[C@@H](O[C@@H]5O[C@H](CO)[C@H](O)[C@H](O[C@@H]6O[C@H](CO)[C@@H](O[C@@H]7O[C@H](CO)[C@H](O)[C@H](O[C@@H]8O[C@H](CO)[C@@H](O[C@@H]9O[C@H](CO)[C@H](O)[C@H](O[C@@H]%10O[C@H](CO)[C@@H](O[C@@H]%11O[C@H](CO)[C@H](O)[C@H](O)[C@H]%11O)[C@H](O)[C@H]%10NC(C)=O)[C@H]9O)[C@H](O)[C@H]8NC(C)=O)[C@H]7O)[C@H](O)[C@H]6NC(C)=O)[C@H]5O)[C@H](O)[C@H]4NC(C)=O)[C@H]3O)[C@H](O)[C@H]2NC(C)=O)[C@@H](O)[C@@H](CO)O[C@@H]1O. The highest BCUT2D eigenvalue weighted by Gasteiger charge is 2.64. The number of aliphatic hydroxyl groups is 29. The molecule has 0 radical (unpaired) electrons. The van der Waals surface area contributed by atoms with Crippen molar-refractivity contribution < 1.29 is 276 Å². The van der Waals surface area contributed by atoms with E-state index in [1.54, 1.807) is 0 Å². The van der Waals surface area contributed by atoms with Gasteiger partial charge in [-0.2, -0.15) is 0 Å².